The highest BCUT2D eigenvalue weighted by molar-refractivity contribution is 6.09. The quantitative estimate of drug-likeness (QED) is 0.184. The van der Waals surface area contributed by atoms with Crippen LogP contribution in [0.5, 0.6) is 0 Å². The van der Waals surface area contributed by atoms with Crippen LogP contribution in [-0.4, -0.2) is 10.8 Å². The lowest BCUT2D eigenvalue weighted by atomic mass is 10.0. The van der Waals surface area contributed by atoms with Gasteiger partial charge in [-0.1, -0.05) is 84.9 Å². The molecule has 0 aliphatic carbocycles. The molecule has 2 N–H and O–H groups in total. The van der Waals surface area contributed by atoms with E-state index < -0.39 is 0 Å². The van der Waals surface area contributed by atoms with Gasteiger partial charge in [-0.25, -0.2) is 0 Å². The van der Waals surface area contributed by atoms with Crippen molar-refractivity contribution in [1.29, 1.82) is 0 Å². The summed E-state index contributed by atoms with van der Waals surface area (Å²) in [5.41, 5.74) is 11.1. The van der Waals surface area contributed by atoms with Gasteiger partial charge in [-0.2, -0.15) is 0 Å². The van der Waals surface area contributed by atoms with Gasteiger partial charge in [-0.05, 0) is 23.6 Å². The van der Waals surface area contributed by atoms with Crippen LogP contribution in [0.3, 0.4) is 0 Å². The van der Waals surface area contributed by atoms with Gasteiger partial charge in [0.2, 0.25) is 0 Å². The van der Waals surface area contributed by atoms with E-state index in [1.54, 1.807) is 6.20 Å². The fourth-order valence-corrected chi connectivity index (χ4v) is 3.65. The maximum atomic E-state index is 12.6. The molecule has 0 radical (unpaired) electrons. The fraction of sp³-hybridized carbons (Fsp3) is 0. The number of aromatic nitrogens is 1. The van der Waals surface area contributed by atoms with E-state index in [0.717, 1.165) is 22.0 Å². The summed E-state index contributed by atoms with van der Waals surface area (Å²) in [6.45, 7) is 0. The van der Waals surface area contributed by atoms with Crippen molar-refractivity contribution in [3.05, 3.63) is 120 Å². The molecule has 0 saturated carbocycles. The molecule has 158 valence electrons. The summed E-state index contributed by atoms with van der Waals surface area (Å²) in [5, 5.41) is 10.6. The third-order valence-corrected chi connectivity index (χ3v) is 5.45. The zero-order chi connectivity index (χ0) is 22.6. The minimum absolute atomic E-state index is 0.00108. The van der Waals surface area contributed by atoms with Gasteiger partial charge in [0, 0.05) is 22.1 Å². The molecule has 0 saturated heterocycles. The highest BCUT2D eigenvalue weighted by atomic mass is 16.1. The molecular formula is C28H20N4O. The van der Waals surface area contributed by atoms with Crippen molar-refractivity contribution in [1.82, 2.24) is 4.98 Å². The largest absolute Gasteiger partial charge is 0.396 e. The summed E-state index contributed by atoms with van der Waals surface area (Å²) in [6, 6.07) is 32.2. The van der Waals surface area contributed by atoms with E-state index in [1.807, 2.05) is 103 Å². The predicted molar refractivity (Wildman–Crippen MR) is 132 cm³/mol. The normalized spacial score (nSPS) is 11.2. The summed E-state index contributed by atoms with van der Waals surface area (Å²) in [7, 11) is 0. The molecule has 4 aromatic carbocycles. The minimum atomic E-state index is -0.00108. The Morgan fingerprint density at radius 2 is 1.42 bits per heavy atom. The summed E-state index contributed by atoms with van der Waals surface area (Å²) >= 11 is 0. The number of fused-ring (bicyclic) bond motifs is 1. The summed E-state index contributed by atoms with van der Waals surface area (Å²) < 4.78 is 0. The van der Waals surface area contributed by atoms with Crippen molar-refractivity contribution in [2.24, 2.45) is 10.2 Å². The van der Waals surface area contributed by atoms with Crippen molar-refractivity contribution in [2.45, 2.75) is 0 Å². The molecule has 0 atom stereocenters. The molecule has 0 spiro atoms. The number of rotatable bonds is 5. The van der Waals surface area contributed by atoms with Crippen molar-refractivity contribution >= 4 is 33.6 Å². The molecule has 5 rings (SSSR count). The third-order valence-electron chi connectivity index (χ3n) is 5.45. The van der Waals surface area contributed by atoms with E-state index in [0.29, 0.717) is 28.2 Å². The highest BCUT2D eigenvalue weighted by Crippen LogP contribution is 2.32. The van der Waals surface area contributed by atoms with Gasteiger partial charge >= 0.3 is 0 Å². The molecule has 5 heteroatoms. The zero-order valence-corrected chi connectivity index (χ0v) is 17.7. The lowest BCUT2D eigenvalue weighted by Gasteiger charge is -2.05. The minimum Gasteiger partial charge on any atom is -0.396 e. The number of nitrogen functional groups attached to an aromatic ring is 1. The second kappa shape index (κ2) is 8.85. The maximum Gasteiger partial charge on any atom is 0.193 e. The van der Waals surface area contributed by atoms with Crippen LogP contribution in [0.4, 0.5) is 17.1 Å². The summed E-state index contributed by atoms with van der Waals surface area (Å²) in [6.07, 6.45) is 1.67. The Labute approximate surface area is 191 Å². The Bertz CT molecular complexity index is 1460. The van der Waals surface area contributed by atoms with E-state index in [-0.39, 0.29) is 5.78 Å². The number of hydrogen-bond acceptors (Lipinski definition) is 5. The predicted octanol–water partition coefficient (Wildman–Crippen LogP) is 7.13. The molecule has 0 aliphatic heterocycles. The number of azo groups is 1. The van der Waals surface area contributed by atoms with Crippen molar-refractivity contribution < 1.29 is 4.79 Å². The first kappa shape index (κ1) is 20.3. The van der Waals surface area contributed by atoms with Gasteiger partial charge in [-0.15, -0.1) is 10.2 Å². The molecular weight excluding hydrogens is 408 g/mol. The molecule has 0 unspecified atom stereocenters. The molecule has 5 aromatic rings. The number of carbonyl (C=O) groups excluding carboxylic acids is 1. The topological polar surface area (TPSA) is 80.7 Å². The molecule has 1 heterocycles. The Balaban J connectivity index is 1.33. The maximum absolute atomic E-state index is 12.6. The first-order chi connectivity index (χ1) is 16.2. The Morgan fingerprint density at radius 1 is 0.697 bits per heavy atom. The first-order valence-electron chi connectivity index (χ1n) is 10.5. The summed E-state index contributed by atoms with van der Waals surface area (Å²) in [5.74, 6) is -0.00108. The molecule has 0 aliphatic rings. The second-order valence-electron chi connectivity index (χ2n) is 7.59. The molecule has 0 bridgehead atoms. The van der Waals surface area contributed by atoms with Gasteiger partial charge in [0.15, 0.2) is 5.78 Å². The van der Waals surface area contributed by atoms with E-state index in [9.17, 15) is 4.79 Å². The van der Waals surface area contributed by atoms with Gasteiger partial charge in [0.1, 0.15) is 11.4 Å². The number of hydrogen-bond donors (Lipinski definition) is 1. The molecule has 33 heavy (non-hydrogen) atoms. The van der Waals surface area contributed by atoms with Crippen LogP contribution in [0.25, 0.3) is 22.0 Å². The third kappa shape index (κ3) is 4.25. The Hall–Kier alpha value is -4.64. The van der Waals surface area contributed by atoms with Gasteiger partial charge < -0.3 is 5.73 Å². The Morgan fingerprint density at radius 3 is 2.18 bits per heavy atom. The average Bonchev–Trinajstić information content (AvgIpc) is 2.89. The number of pyridine rings is 1. The van der Waals surface area contributed by atoms with Crippen LogP contribution < -0.4 is 5.73 Å². The van der Waals surface area contributed by atoms with E-state index >= 15 is 0 Å². The fourth-order valence-electron chi connectivity index (χ4n) is 3.65. The number of nitrogens with zero attached hydrogens (tertiary/aromatic N) is 3. The van der Waals surface area contributed by atoms with Gasteiger partial charge in [-0.3, -0.25) is 9.78 Å². The first-order valence-corrected chi connectivity index (χ1v) is 10.5. The van der Waals surface area contributed by atoms with Crippen molar-refractivity contribution in [3.63, 3.8) is 0 Å². The molecule has 5 nitrogen and oxygen atoms in total. The van der Waals surface area contributed by atoms with Gasteiger partial charge in [0.05, 0.1) is 17.6 Å². The monoisotopic (exact) mass is 428 g/mol. The van der Waals surface area contributed by atoms with Crippen LogP contribution in [0.1, 0.15) is 15.9 Å². The van der Waals surface area contributed by atoms with Crippen molar-refractivity contribution in [2.75, 3.05) is 5.73 Å². The zero-order valence-electron chi connectivity index (χ0n) is 17.7. The SMILES string of the molecule is Nc1c(N=Nc2ccc(-c3ccc(C(=O)c4ccccc4)cc3)nc2)ccc2ccccc12. The number of benzene rings is 4. The second-order valence-corrected chi connectivity index (χ2v) is 7.59. The highest BCUT2D eigenvalue weighted by Gasteiger charge is 2.09. The van der Waals surface area contributed by atoms with E-state index in [1.165, 1.54) is 0 Å². The van der Waals surface area contributed by atoms with Crippen LogP contribution in [0, 0.1) is 0 Å². The average molecular weight is 428 g/mol. The summed E-state index contributed by atoms with van der Waals surface area (Å²) in [4.78, 5) is 17.1. The van der Waals surface area contributed by atoms with Crippen LogP contribution in [0.15, 0.2) is 120 Å². The van der Waals surface area contributed by atoms with E-state index in [4.69, 9.17) is 5.73 Å². The molecule has 1 aromatic heterocycles. The van der Waals surface area contributed by atoms with Crippen LogP contribution >= 0.6 is 0 Å². The number of nitrogens with two attached hydrogens (primary N) is 1. The van der Waals surface area contributed by atoms with E-state index in [2.05, 4.69) is 15.2 Å². The van der Waals surface area contributed by atoms with Crippen LogP contribution in [0.2, 0.25) is 0 Å². The molecule has 0 amide bonds. The molecule has 0 fully saturated rings. The lowest BCUT2D eigenvalue weighted by Crippen LogP contribution is -2.00. The number of anilines is 1. The van der Waals surface area contributed by atoms with Crippen molar-refractivity contribution in [3.8, 4) is 11.3 Å². The standard InChI is InChI=1S/C28H20N4O/c29-27-24-9-5-4-6-19(24)14-16-26(27)32-31-23-15-17-25(30-18-23)20-10-12-22(13-11-20)28(33)21-7-2-1-3-8-21/h1-18H,29H2. The van der Waals surface area contributed by atoms with Gasteiger partial charge in [0.25, 0.3) is 0 Å². The Kier molecular flexibility index (Phi) is 5.43. The lowest BCUT2D eigenvalue weighted by molar-refractivity contribution is 0.103. The van der Waals surface area contributed by atoms with Crippen LogP contribution in [-0.2, 0) is 0 Å². The number of ketones is 1. The number of carbonyl (C=O) groups is 1. The smallest absolute Gasteiger partial charge is 0.193 e.